The van der Waals surface area contributed by atoms with E-state index in [-0.39, 0.29) is 0 Å². The van der Waals surface area contributed by atoms with E-state index in [9.17, 15) is 0 Å². The largest absolute Gasteiger partial charge is 0.369 e. The van der Waals surface area contributed by atoms with Gasteiger partial charge in [-0.1, -0.05) is 13.8 Å². The monoisotopic (exact) mass is 283 g/mol. The van der Waals surface area contributed by atoms with Crippen LogP contribution in [-0.2, 0) is 6.42 Å². The van der Waals surface area contributed by atoms with E-state index in [4.69, 9.17) is 0 Å². The fourth-order valence-electron chi connectivity index (χ4n) is 1.63. The molecule has 1 N–H and O–H groups in total. The quantitative estimate of drug-likeness (QED) is 0.899. The van der Waals surface area contributed by atoms with Gasteiger partial charge in [0.1, 0.15) is 11.6 Å². The summed E-state index contributed by atoms with van der Waals surface area (Å²) in [6.07, 6.45) is 4.55. The Balaban J connectivity index is 2.28. The maximum Gasteiger partial charge on any atom is 0.144 e. The summed E-state index contributed by atoms with van der Waals surface area (Å²) in [5, 5.41) is 3.36. The molecular weight excluding hydrogens is 266 g/mol. The number of hydrogen-bond acceptors (Lipinski definition) is 3. The summed E-state index contributed by atoms with van der Waals surface area (Å²) in [6, 6.07) is 0. The number of nitrogens with zero attached hydrogens (tertiary/aromatic N) is 2. The van der Waals surface area contributed by atoms with E-state index < -0.39 is 0 Å². The Morgan fingerprint density at radius 2 is 2.06 bits per heavy atom. The van der Waals surface area contributed by atoms with Gasteiger partial charge in [-0.15, -0.1) is 0 Å². The van der Waals surface area contributed by atoms with Gasteiger partial charge in [-0.2, -0.15) is 0 Å². The molecule has 1 aromatic heterocycles. The molecular formula is C12H18BrN3. The molecule has 3 nitrogen and oxygen atoms in total. The lowest BCUT2D eigenvalue weighted by Crippen LogP contribution is -2.08. The van der Waals surface area contributed by atoms with Crippen LogP contribution in [0.25, 0.3) is 0 Å². The van der Waals surface area contributed by atoms with Crippen molar-refractivity contribution in [1.29, 1.82) is 0 Å². The van der Waals surface area contributed by atoms with E-state index >= 15 is 0 Å². The number of halogens is 1. The Hall–Kier alpha value is -0.640. The van der Waals surface area contributed by atoms with Crippen molar-refractivity contribution in [3.8, 4) is 0 Å². The predicted octanol–water partition coefficient (Wildman–Crippen LogP) is 3.50. The molecule has 1 aliphatic carbocycles. The molecule has 0 atom stereocenters. The number of rotatable bonds is 5. The zero-order valence-electron chi connectivity index (χ0n) is 9.89. The summed E-state index contributed by atoms with van der Waals surface area (Å²) in [6.45, 7) is 5.25. The molecule has 88 valence electrons. The zero-order chi connectivity index (χ0) is 11.5. The van der Waals surface area contributed by atoms with Gasteiger partial charge >= 0.3 is 0 Å². The van der Waals surface area contributed by atoms with Crippen LogP contribution >= 0.6 is 15.9 Å². The normalized spacial score (nSPS) is 15.2. The molecule has 1 fully saturated rings. The van der Waals surface area contributed by atoms with Gasteiger partial charge < -0.3 is 5.32 Å². The van der Waals surface area contributed by atoms with Crippen molar-refractivity contribution in [2.45, 2.75) is 45.4 Å². The molecule has 1 aliphatic rings. The molecule has 0 aromatic carbocycles. The van der Waals surface area contributed by atoms with Crippen LogP contribution in [0.1, 0.15) is 50.5 Å². The van der Waals surface area contributed by atoms with Crippen LogP contribution < -0.4 is 5.32 Å². The van der Waals surface area contributed by atoms with E-state index in [2.05, 4.69) is 45.1 Å². The van der Waals surface area contributed by atoms with Crippen LogP contribution in [0.2, 0.25) is 0 Å². The predicted molar refractivity (Wildman–Crippen MR) is 69.9 cm³/mol. The number of hydrogen-bond donors (Lipinski definition) is 1. The highest BCUT2D eigenvalue weighted by atomic mass is 79.9. The van der Waals surface area contributed by atoms with Crippen molar-refractivity contribution in [3.05, 3.63) is 16.0 Å². The van der Waals surface area contributed by atoms with Gasteiger partial charge in [0, 0.05) is 12.5 Å². The number of aromatic nitrogens is 2. The minimum Gasteiger partial charge on any atom is -0.369 e. The first-order valence-corrected chi connectivity index (χ1v) is 6.85. The Labute approximate surface area is 105 Å². The summed E-state index contributed by atoms with van der Waals surface area (Å²) in [4.78, 5) is 9.23. The molecule has 0 unspecified atom stereocenters. The van der Waals surface area contributed by atoms with Crippen LogP contribution in [0.3, 0.4) is 0 Å². The first-order valence-electron chi connectivity index (χ1n) is 6.06. The molecule has 2 rings (SSSR count). The molecule has 0 radical (unpaired) electrons. The highest BCUT2D eigenvalue weighted by Gasteiger charge is 2.28. The van der Waals surface area contributed by atoms with Crippen molar-refractivity contribution >= 4 is 21.7 Å². The van der Waals surface area contributed by atoms with Gasteiger partial charge in [0.15, 0.2) is 0 Å². The lowest BCUT2D eigenvalue weighted by atomic mass is 10.3. The smallest absolute Gasteiger partial charge is 0.144 e. The van der Waals surface area contributed by atoms with E-state index in [0.29, 0.717) is 5.92 Å². The molecule has 1 saturated carbocycles. The second-order valence-electron chi connectivity index (χ2n) is 4.25. The molecule has 16 heavy (non-hydrogen) atoms. The van der Waals surface area contributed by atoms with Crippen LogP contribution in [0.4, 0.5) is 5.82 Å². The van der Waals surface area contributed by atoms with E-state index in [1.807, 2.05) is 0 Å². The SMILES string of the molecule is CCCNc1nc(C2CC2)nc(CC)c1Br. The lowest BCUT2D eigenvalue weighted by molar-refractivity contribution is 0.862. The molecule has 1 heterocycles. The average molecular weight is 284 g/mol. The summed E-state index contributed by atoms with van der Waals surface area (Å²) in [5.74, 6) is 2.61. The third-order valence-corrected chi connectivity index (χ3v) is 3.59. The van der Waals surface area contributed by atoms with Gasteiger partial charge in [-0.3, -0.25) is 0 Å². The van der Waals surface area contributed by atoms with Crippen LogP contribution in [0.5, 0.6) is 0 Å². The van der Waals surface area contributed by atoms with Crippen molar-refractivity contribution in [1.82, 2.24) is 9.97 Å². The van der Waals surface area contributed by atoms with Gasteiger partial charge in [0.2, 0.25) is 0 Å². The standard InChI is InChI=1S/C12H18BrN3/c1-3-7-14-12-10(13)9(4-2)15-11(16-12)8-5-6-8/h8H,3-7H2,1-2H3,(H,14,15,16). The molecule has 1 aromatic rings. The Kier molecular flexibility index (Phi) is 3.79. The summed E-state index contributed by atoms with van der Waals surface area (Å²) in [7, 11) is 0. The van der Waals surface area contributed by atoms with Crippen molar-refractivity contribution in [3.63, 3.8) is 0 Å². The molecule has 0 aliphatic heterocycles. The second-order valence-corrected chi connectivity index (χ2v) is 5.04. The third kappa shape index (κ3) is 2.54. The minimum atomic E-state index is 0.612. The molecule has 4 heteroatoms. The Morgan fingerprint density at radius 3 is 2.62 bits per heavy atom. The second kappa shape index (κ2) is 5.13. The van der Waals surface area contributed by atoms with E-state index in [1.54, 1.807) is 0 Å². The molecule has 0 saturated heterocycles. The number of nitrogens with one attached hydrogen (secondary N) is 1. The maximum absolute atomic E-state index is 4.62. The summed E-state index contributed by atoms with van der Waals surface area (Å²) >= 11 is 3.59. The highest BCUT2D eigenvalue weighted by Crippen LogP contribution is 2.39. The first-order chi connectivity index (χ1) is 7.76. The van der Waals surface area contributed by atoms with E-state index in [1.165, 1.54) is 12.8 Å². The number of anilines is 1. The van der Waals surface area contributed by atoms with Gasteiger partial charge in [0.05, 0.1) is 10.2 Å². The lowest BCUT2D eigenvalue weighted by Gasteiger charge is -2.11. The van der Waals surface area contributed by atoms with Crippen molar-refractivity contribution < 1.29 is 0 Å². The third-order valence-electron chi connectivity index (χ3n) is 2.76. The molecule has 0 bridgehead atoms. The first kappa shape index (κ1) is 11.8. The van der Waals surface area contributed by atoms with E-state index in [0.717, 1.165) is 41.2 Å². The Bertz CT molecular complexity index is 375. The van der Waals surface area contributed by atoms with Gasteiger partial charge in [-0.25, -0.2) is 9.97 Å². The fraction of sp³-hybridized carbons (Fsp3) is 0.667. The van der Waals surface area contributed by atoms with Crippen LogP contribution in [0, 0.1) is 0 Å². The molecule has 0 spiro atoms. The minimum absolute atomic E-state index is 0.612. The average Bonchev–Trinajstić information content (AvgIpc) is 3.11. The summed E-state index contributed by atoms with van der Waals surface area (Å²) in [5.41, 5.74) is 1.12. The zero-order valence-corrected chi connectivity index (χ0v) is 11.5. The summed E-state index contributed by atoms with van der Waals surface area (Å²) < 4.78 is 1.04. The molecule has 0 amide bonds. The topological polar surface area (TPSA) is 37.8 Å². The van der Waals surface area contributed by atoms with Crippen LogP contribution in [0.15, 0.2) is 4.47 Å². The van der Waals surface area contributed by atoms with Crippen molar-refractivity contribution in [2.24, 2.45) is 0 Å². The maximum atomic E-state index is 4.62. The van der Waals surface area contributed by atoms with Crippen LogP contribution in [-0.4, -0.2) is 16.5 Å². The fourth-order valence-corrected chi connectivity index (χ4v) is 2.23. The van der Waals surface area contributed by atoms with Gasteiger partial charge in [-0.05, 0) is 41.6 Å². The van der Waals surface area contributed by atoms with Crippen molar-refractivity contribution in [2.75, 3.05) is 11.9 Å². The van der Waals surface area contributed by atoms with Gasteiger partial charge in [0.25, 0.3) is 0 Å². The highest BCUT2D eigenvalue weighted by molar-refractivity contribution is 9.10. The number of aryl methyl sites for hydroxylation is 1. The Morgan fingerprint density at radius 1 is 1.31 bits per heavy atom.